The molecule has 104 valence electrons. The van der Waals surface area contributed by atoms with Crippen LogP contribution in [0.1, 0.15) is 33.6 Å². The van der Waals surface area contributed by atoms with Crippen molar-refractivity contribution in [1.29, 1.82) is 0 Å². The number of imide groups is 1. The van der Waals surface area contributed by atoms with Gasteiger partial charge in [-0.15, -0.1) is 0 Å². The Morgan fingerprint density at radius 3 is 2.55 bits per heavy atom. The lowest BCUT2D eigenvalue weighted by molar-refractivity contribution is -0.133. The van der Waals surface area contributed by atoms with E-state index in [0.29, 0.717) is 36.2 Å². The first kappa shape index (κ1) is 12.7. The number of nitrogens with two attached hydrogens (primary N) is 1. The summed E-state index contributed by atoms with van der Waals surface area (Å²) in [5, 5.41) is 0. The number of carbonyl (C=O) groups is 3. The Balaban J connectivity index is 1.92. The fraction of sp³-hybridized carbons (Fsp3) is 0.357. The lowest BCUT2D eigenvalue weighted by Crippen LogP contribution is -2.50. The minimum Gasteiger partial charge on any atom is -0.399 e. The highest BCUT2D eigenvalue weighted by Crippen LogP contribution is 2.29. The Morgan fingerprint density at radius 2 is 1.85 bits per heavy atom. The van der Waals surface area contributed by atoms with Gasteiger partial charge in [-0.3, -0.25) is 19.3 Å². The SMILES string of the molecule is CN1CC(N2C(=O)c3ccc(N)cc3C2=O)CCC1=O. The fourth-order valence-electron chi connectivity index (χ4n) is 2.81. The van der Waals surface area contributed by atoms with Crippen molar-refractivity contribution in [3.8, 4) is 0 Å². The molecule has 2 aliphatic rings. The largest absolute Gasteiger partial charge is 0.399 e. The summed E-state index contributed by atoms with van der Waals surface area (Å²) in [5.41, 5.74) is 6.88. The molecule has 0 spiro atoms. The zero-order valence-electron chi connectivity index (χ0n) is 11.1. The zero-order valence-corrected chi connectivity index (χ0v) is 11.1. The van der Waals surface area contributed by atoms with E-state index in [1.165, 1.54) is 11.0 Å². The molecule has 3 amide bonds. The standard InChI is InChI=1S/C14H15N3O3/c1-16-7-9(3-5-12(16)18)17-13(19)10-4-2-8(15)6-11(10)14(17)20/h2,4,6,9H,3,5,7,15H2,1H3. The smallest absolute Gasteiger partial charge is 0.261 e. The lowest BCUT2D eigenvalue weighted by atomic mass is 10.0. The van der Waals surface area contributed by atoms with Crippen LogP contribution in [0.5, 0.6) is 0 Å². The highest BCUT2D eigenvalue weighted by atomic mass is 16.2. The van der Waals surface area contributed by atoms with E-state index >= 15 is 0 Å². The second kappa shape index (κ2) is 4.33. The molecule has 0 aliphatic carbocycles. The Morgan fingerprint density at radius 1 is 1.15 bits per heavy atom. The van der Waals surface area contributed by atoms with E-state index in [1.54, 1.807) is 24.1 Å². The summed E-state index contributed by atoms with van der Waals surface area (Å²) in [7, 11) is 1.69. The molecule has 2 aliphatic heterocycles. The van der Waals surface area contributed by atoms with E-state index in [9.17, 15) is 14.4 Å². The average molecular weight is 273 g/mol. The number of nitrogen functional groups attached to an aromatic ring is 1. The predicted octanol–water partition coefficient (Wildman–Crippen LogP) is 0.486. The molecule has 1 aromatic rings. The van der Waals surface area contributed by atoms with Gasteiger partial charge in [0, 0.05) is 25.7 Å². The number of rotatable bonds is 1. The van der Waals surface area contributed by atoms with Crippen molar-refractivity contribution in [3.63, 3.8) is 0 Å². The van der Waals surface area contributed by atoms with E-state index < -0.39 is 0 Å². The number of nitrogens with zero attached hydrogens (tertiary/aromatic N) is 2. The summed E-state index contributed by atoms with van der Waals surface area (Å²) < 4.78 is 0. The topological polar surface area (TPSA) is 83.7 Å². The van der Waals surface area contributed by atoms with Gasteiger partial charge >= 0.3 is 0 Å². The number of hydrogen-bond donors (Lipinski definition) is 1. The first-order valence-electron chi connectivity index (χ1n) is 6.50. The van der Waals surface area contributed by atoms with Crippen LogP contribution in [0.25, 0.3) is 0 Å². The van der Waals surface area contributed by atoms with Crippen molar-refractivity contribution in [2.45, 2.75) is 18.9 Å². The van der Waals surface area contributed by atoms with Crippen LogP contribution in [0.2, 0.25) is 0 Å². The zero-order chi connectivity index (χ0) is 14.4. The molecule has 0 radical (unpaired) electrons. The number of piperidine rings is 1. The van der Waals surface area contributed by atoms with Crippen molar-refractivity contribution in [2.24, 2.45) is 0 Å². The number of benzene rings is 1. The normalized spacial score (nSPS) is 22.4. The maximum atomic E-state index is 12.4. The number of likely N-dealkylation sites (tertiary alicyclic amines) is 1. The summed E-state index contributed by atoms with van der Waals surface area (Å²) >= 11 is 0. The number of carbonyl (C=O) groups excluding carboxylic acids is 3. The van der Waals surface area contributed by atoms with E-state index in [-0.39, 0.29) is 23.8 Å². The Labute approximate surface area is 116 Å². The summed E-state index contributed by atoms with van der Waals surface area (Å²) in [6, 6.07) is 4.48. The molecule has 0 bridgehead atoms. The number of amides is 3. The third-order valence-corrected chi connectivity index (χ3v) is 3.91. The van der Waals surface area contributed by atoms with Gasteiger partial charge in [-0.25, -0.2) is 0 Å². The second-order valence-electron chi connectivity index (χ2n) is 5.25. The van der Waals surface area contributed by atoms with Gasteiger partial charge in [0.15, 0.2) is 0 Å². The van der Waals surface area contributed by atoms with Gasteiger partial charge < -0.3 is 10.6 Å². The Hall–Kier alpha value is -2.37. The van der Waals surface area contributed by atoms with Crippen LogP contribution in [0, 0.1) is 0 Å². The van der Waals surface area contributed by atoms with Crippen molar-refractivity contribution in [3.05, 3.63) is 29.3 Å². The van der Waals surface area contributed by atoms with Gasteiger partial charge in [-0.2, -0.15) is 0 Å². The monoisotopic (exact) mass is 273 g/mol. The second-order valence-corrected chi connectivity index (χ2v) is 5.25. The average Bonchev–Trinajstić information content (AvgIpc) is 2.65. The predicted molar refractivity (Wildman–Crippen MR) is 72.0 cm³/mol. The fourth-order valence-corrected chi connectivity index (χ4v) is 2.81. The van der Waals surface area contributed by atoms with Crippen LogP contribution in [0.3, 0.4) is 0 Å². The molecular formula is C14H15N3O3. The molecule has 6 heteroatoms. The van der Waals surface area contributed by atoms with E-state index in [2.05, 4.69) is 0 Å². The lowest BCUT2D eigenvalue weighted by Gasteiger charge is -2.34. The van der Waals surface area contributed by atoms with Crippen molar-refractivity contribution >= 4 is 23.4 Å². The van der Waals surface area contributed by atoms with Gasteiger partial charge in [-0.1, -0.05) is 0 Å². The first-order valence-corrected chi connectivity index (χ1v) is 6.50. The van der Waals surface area contributed by atoms with Gasteiger partial charge in [0.25, 0.3) is 11.8 Å². The minimum atomic E-state index is -0.315. The van der Waals surface area contributed by atoms with Crippen LogP contribution in [0.4, 0.5) is 5.69 Å². The van der Waals surface area contributed by atoms with Crippen molar-refractivity contribution in [1.82, 2.24) is 9.80 Å². The molecule has 1 saturated heterocycles. The highest BCUT2D eigenvalue weighted by molar-refractivity contribution is 6.22. The molecule has 2 N–H and O–H groups in total. The first-order chi connectivity index (χ1) is 9.49. The summed E-state index contributed by atoms with van der Waals surface area (Å²) in [4.78, 5) is 39.1. The van der Waals surface area contributed by atoms with E-state index in [1.807, 2.05) is 0 Å². The molecule has 1 fully saturated rings. The van der Waals surface area contributed by atoms with Crippen LogP contribution in [-0.4, -0.2) is 47.2 Å². The van der Waals surface area contributed by atoms with Gasteiger partial charge in [-0.05, 0) is 24.6 Å². The number of hydrogen-bond acceptors (Lipinski definition) is 4. The van der Waals surface area contributed by atoms with E-state index in [4.69, 9.17) is 5.73 Å². The molecular weight excluding hydrogens is 258 g/mol. The van der Waals surface area contributed by atoms with Crippen LogP contribution < -0.4 is 5.73 Å². The summed E-state index contributed by atoms with van der Waals surface area (Å²) in [5.74, 6) is -0.565. The van der Waals surface area contributed by atoms with E-state index in [0.717, 1.165) is 0 Å². The number of fused-ring (bicyclic) bond motifs is 1. The molecule has 1 aromatic carbocycles. The summed E-state index contributed by atoms with van der Waals surface area (Å²) in [6.07, 6.45) is 0.876. The molecule has 1 unspecified atom stereocenters. The van der Waals surface area contributed by atoms with Gasteiger partial charge in [0.1, 0.15) is 0 Å². The van der Waals surface area contributed by atoms with Gasteiger partial charge in [0.05, 0.1) is 17.2 Å². The maximum absolute atomic E-state index is 12.4. The molecule has 1 atom stereocenters. The molecule has 20 heavy (non-hydrogen) atoms. The number of anilines is 1. The van der Waals surface area contributed by atoms with Crippen LogP contribution >= 0.6 is 0 Å². The molecule has 0 saturated carbocycles. The van der Waals surface area contributed by atoms with Crippen molar-refractivity contribution in [2.75, 3.05) is 19.3 Å². The molecule has 2 heterocycles. The van der Waals surface area contributed by atoms with Gasteiger partial charge in [0.2, 0.25) is 5.91 Å². The Kier molecular flexibility index (Phi) is 2.74. The number of likely N-dealkylation sites (N-methyl/N-ethyl adjacent to an activating group) is 1. The molecule has 3 rings (SSSR count). The summed E-state index contributed by atoms with van der Waals surface area (Å²) in [6.45, 7) is 0.389. The quantitative estimate of drug-likeness (QED) is 0.596. The molecule has 6 nitrogen and oxygen atoms in total. The van der Waals surface area contributed by atoms with Crippen LogP contribution in [0.15, 0.2) is 18.2 Å². The molecule has 0 aromatic heterocycles. The third-order valence-electron chi connectivity index (χ3n) is 3.91. The Bertz CT molecular complexity index is 626. The third kappa shape index (κ3) is 1.76. The van der Waals surface area contributed by atoms with Crippen LogP contribution in [-0.2, 0) is 4.79 Å². The highest BCUT2D eigenvalue weighted by Gasteiger charge is 2.41. The maximum Gasteiger partial charge on any atom is 0.261 e. The minimum absolute atomic E-state index is 0.0436. The van der Waals surface area contributed by atoms with Crippen molar-refractivity contribution < 1.29 is 14.4 Å².